The molecule has 0 saturated carbocycles. The van der Waals surface area contributed by atoms with Crippen molar-refractivity contribution < 1.29 is 47.8 Å². The summed E-state index contributed by atoms with van der Waals surface area (Å²) in [5.41, 5.74) is -1.87. The molecule has 1 unspecified atom stereocenters. The van der Waals surface area contributed by atoms with Crippen LogP contribution >= 0.6 is 0 Å². The van der Waals surface area contributed by atoms with E-state index in [1.165, 1.54) is 7.11 Å². The molecule has 12 heteroatoms. The average Bonchev–Trinajstić information content (AvgIpc) is 3.42. The molecule has 3 aliphatic rings. The van der Waals surface area contributed by atoms with Gasteiger partial charge in [-0.25, -0.2) is 0 Å². The summed E-state index contributed by atoms with van der Waals surface area (Å²) in [5, 5.41) is 13.6. The maximum absolute atomic E-state index is 14.7. The average molecular weight is 703 g/mol. The second-order valence-corrected chi connectivity index (χ2v) is 27.2. The molecule has 2 aliphatic carbocycles. The maximum Gasteiger partial charge on any atom is 0.206 e. The fourth-order valence-electron chi connectivity index (χ4n) is 6.97. The molecule has 3 atom stereocenters. The molecule has 0 aromatic heterocycles. The molecular formula is C36H54O10Si2. The SMILES string of the molecule is CC[C@]12CC=C3c4c(c(OC)c5c(OCOCC[Si](C)(C)C)ccc(OCOCC[Si](C)(C)C)c5c4OC)C(=O)C3(O)[C@H]1OC(C)(C)O2. The highest BCUT2D eigenvalue weighted by atomic mass is 28.3. The molecule has 0 amide bonds. The largest absolute Gasteiger partial charge is 0.495 e. The predicted molar refractivity (Wildman–Crippen MR) is 191 cm³/mol. The van der Waals surface area contributed by atoms with Gasteiger partial charge in [-0.3, -0.25) is 4.79 Å². The maximum atomic E-state index is 14.7. The number of ether oxygens (including phenoxy) is 8. The van der Waals surface area contributed by atoms with Crippen LogP contribution in [0.1, 0.15) is 49.5 Å². The Morgan fingerprint density at radius 3 is 1.81 bits per heavy atom. The Morgan fingerprint density at radius 2 is 1.35 bits per heavy atom. The van der Waals surface area contributed by atoms with Crippen molar-refractivity contribution in [2.24, 2.45) is 0 Å². The van der Waals surface area contributed by atoms with E-state index in [0.29, 0.717) is 65.2 Å². The van der Waals surface area contributed by atoms with Crippen LogP contribution in [0.15, 0.2) is 18.2 Å². The lowest BCUT2D eigenvalue weighted by atomic mass is 9.71. The lowest BCUT2D eigenvalue weighted by Crippen LogP contribution is -2.59. The number of rotatable bonds is 15. The first kappa shape index (κ1) is 36.8. The van der Waals surface area contributed by atoms with Crippen LogP contribution in [-0.4, -0.2) is 91.1 Å². The van der Waals surface area contributed by atoms with Gasteiger partial charge in [0.15, 0.2) is 25.0 Å². The first-order chi connectivity index (χ1) is 22.4. The summed E-state index contributed by atoms with van der Waals surface area (Å²) in [7, 11) is 0.470. The molecule has 2 aromatic carbocycles. The Morgan fingerprint density at radius 1 is 0.854 bits per heavy atom. The second-order valence-electron chi connectivity index (χ2n) is 15.9. The van der Waals surface area contributed by atoms with Gasteiger partial charge in [0.1, 0.15) is 34.7 Å². The first-order valence-electron chi connectivity index (χ1n) is 16.9. The molecule has 1 heterocycles. The Kier molecular flexibility index (Phi) is 10.2. The van der Waals surface area contributed by atoms with E-state index in [0.717, 1.165) is 12.1 Å². The third kappa shape index (κ3) is 6.69. The van der Waals surface area contributed by atoms with Crippen LogP contribution in [0.25, 0.3) is 16.3 Å². The smallest absolute Gasteiger partial charge is 0.206 e. The molecule has 1 fully saturated rings. The van der Waals surface area contributed by atoms with E-state index in [1.54, 1.807) is 33.1 Å². The molecule has 2 aromatic rings. The van der Waals surface area contributed by atoms with E-state index in [-0.39, 0.29) is 24.9 Å². The van der Waals surface area contributed by atoms with Crippen LogP contribution in [-0.2, 0) is 18.9 Å². The molecule has 0 bridgehead atoms. The topological polar surface area (TPSA) is 111 Å². The molecule has 266 valence electrons. The number of ketones is 1. The van der Waals surface area contributed by atoms with Gasteiger partial charge in [-0.15, -0.1) is 0 Å². The normalized spacial score (nSPS) is 24.6. The van der Waals surface area contributed by atoms with Gasteiger partial charge in [0.05, 0.1) is 30.6 Å². The van der Waals surface area contributed by atoms with Crippen molar-refractivity contribution in [1.29, 1.82) is 0 Å². The summed E-state index contributed by atoms with van der Waals surface area (Å²) in [6, 6.07) is 5.57. The number of methoxy groups -OCH3 is 2. The second kappa shape index (κ2) is 13.3. The first-order valence-corrected chi connectivity index (χ1v) is 24.4. The third-order valence-electron chi connectivity index (χ3n) is 9.50. The molecule has 48 heavy (non-hydrogen) atoms. The van der Waals surface area contributed by atoms with Crippen molar-refractivity contribution in [3.05, 3.63) is 29.3 Å². The van der Waals surface area contributed by atoms with Crippen LogP contribution in [0.3, 0.4) is 0 Å². The third-order valence-corrected chi connectivity index (χ3v) is 12.9. The number of Topliss-reactive ketones (excluding diaryl/α,β-unsaturated/α-hetero) is 1. The number of hydrogen-bond acceptors (Lipinski definition) is 10. The molecule has 0 radical (unpaired) electrons. The van der Waals surface area contributed by atoms with E-state index in [4.69, 9.17) is 37.9 Å². The van der Waals surface area contributed by atoms with Crippen molar-refractivity contribution in [1.82, 2.24) is 0 Å². The van der Waals surface area contributed by atoms with Gasteiger partial charge >= 0.3 is 0 Å². The quantitative estimate of drug-likeness (QED) is 0.116. The summed E-state index contributed by atoms with van der Waals surface area (Å²) >= 11 is 0. The van der Waals surface area contributed by atoms with Crippen LogP contribution in [0.4, 0.5) is 0 Å². The van der Waals surface area contributed by atoms with Gasteiger partial charge in [-0.05, 0) is 50.9 Å². The number of carbonyl (C=O) groups is 1. The summed E-state index contributed by atoms with van der Waals surface area (Å²) in [4.78, 5) is 14.7. The lowest BCUT2D eigenvalue weighted by molar-refractivity contribution is -0.166. The van der Waals surface area contributed by atoms with Crippen molar-refractivity contribution in [3.63, 3.8) is 0 Å². The summed E-state index contributed by atoms with van der Waals surface area (Å²) in [6.45, 7) is 20.6. The van der Waals surface area contributed by atoms with Crippen molar-refractivity contribution in [2.45, 2.75) is 108 Å². The zero-order valence-corrected chi connectivity index (χ0v) is 32.6. The Hall–Kier alpha value is -2.46. The number of fused-ring (bicyclic) bond motifs is 6. The zero-order chi connectivity index (χ0) is 35.3. The van der Waals surface area contributed by atoms with Gasteiger partial charge in [0.25, 0.3) is 0 Å². The van der Waals surface area contributed by atoms with Crippen molar-refractivity contribution in [2.75, 3.05) is 41.0 Å². The van der Waals surface area contributed by atoms with Gasteiger partial charge in [0, 0.05) is 40.5 Å². The van der Waals surface area contributed by atoms with Gasteiger partial charge in [0.2, 0.25) is 5.78 Å². The molecule has 1 saturated heterocycles. The summed E-state index contributed by atoms with van der Waals surface area (Å²) in [6.07, 6.45) is 1.92. The van der Waals surface area contributed by atoms with E-state index >= 15 is 0 Å². The summed E-state index contributed by atoms with van der Waals surface area (Å²) in [5.74, 6) is -0.0378. The number of hydrogen-bond donors (Lipinski definition) is 1. The Labute approximate surface area is 287 Å². The van der Waals surface area contributed by atoms with Crippen molar-refractivity contribution in [3.8, 4) is 23.0 Å². The predicted octanol–water partition coefficient (Wildman–Crippen LogP) is 7.25. The molecule has 10 nitrogen and oxygen atoms in total. The van der Waals surface area contributed by atoms with E-state index in [2.05, 4.69) is 39.3 Å². The number of aliphatic hydroxyl groups is 1. The van der Waals surface area contributed by atoms with E-state index in [1.807, 2.05) is 13.0 Å². The molecule has 5 rings (SSSR count). The highest BCUT2D eigenvalue weighted by Crippen LogP contribution is 2.62. The van der Waals surface area contributed by atoms with Crippen LogP contribution < -0.4 is 18.9 Å². The minimum atomic E-state index is -2.04. The van der Waals surface area contributed by atoms with Crippen LogP contribution in [0, 0.1) is 0 Å². The molecule has 1 aliphatic heterocycles. The standard InChI is InChI=1S/C36H54O10Si2/c1-12-35-16-15-23-26-29(32(37)36(23,38)33(35)45-34(2,3)46-35)31(40-5)28-25(44-22-42-18-20-48(9,10)11)14-13-24(27(28)30(26)39-4)43-21-41-17-19-47(6,7)8/h13-15,33,38H,12,16-22H2,1-11H3/t33-,35-,36?/m0/s1. The zero-order valence-electron chi connectivity index (χ0n) is 30.6. The highest BCUT2D eigenvalue weighted by Gasteiger charge is 2.69. The van der Waals surface area contributed by atoms with Crippen LogP contribution in [0.2, 0.25) is 51.4 Å². The minimum absolute atomic E-state index is 0.00648. The number of carbonyl (C=O) groups excluding carboxylic acids is 1. The highest BCUT2D eigenvalue weighted by molar-refractivity contribution is 6.76. The van der Waals surface area contributed by atoms with E-state index < -0.39 is 45.0 Å². The van der Waals surface area contributed by atoms with E-state index in [9.17, 15) is 9.90 Å². The molecule has 1 N–H and O–H groups in total. The van der Waals surface area contributed by atoms with Gasteiger partial charge in [-0.2, -0.15) is 0 Å². The Balaban J connectivity index is 1.64. The molecular weight excluding hydrogens is 649 g/mol. The van der Waals surface area contributed by atoms with Crippen LogP contribution in [0.5, 0.6) is 23.0 Å². The fraction of sp³-hybridized carbons (Fsp3) is 0.639. The minimum Gasteiger partial charge on any atom is -0.495 e. The van der Waals surface area contributed by atoms with Gasteiger partial charge in [-0.1, -0.05) is 52.3 Å². The fourth-order valence-corrected chi connectivity index (χ4v) is 8.48. The lowest BCUT2D eigenvalue weighted by Gasteiger charge is -2.42. The summed E-state index contributed by atoms with van der Waals surface area (Å²) < 4.78 is 49.2. The number of benzene rings is 2. The monoisotopic (exact) mass is 702 g/mol. The van der Waals surface area contributed by atoms with Crippen molar-refractivity contribution >= 4 is 38.3 Å². The van der Waals surface area contributed by atoms with Gasteiger partial charge < -0.3 is 43.0 Å². The molecule has 0 spiro atoms. The Bertz CT molecular complexity index is 1570.